The molecule has 16 heavy (non-hydrogen) atoms. The van der Waals surface area contributed by atoms with Gasteiger partial charge in [0.05, 0.1) is 0 Å². The van der Waals surface area contributed by atoms with Crippen molar-refractivity contribution in [1.29, 1.82) is 5.41 Å². The highest BCUT2D eigenvalue weighted by atomic mass is 79.9. The fraction of sp³-hybridized carbons (Fsp3) is 0. The van der Waals surface area contributed by atoms with E-state index in [0.29, 0.717) is 0 Å². The number of hydrogen-bond donors (Lipinski definition) is 2. The van der Waals surface area contributed by atoms with Gasteiger partial charge in [0.2, 0.25) is 0 Å². The lowest BCUT2D eigenvalue weighted by Crippen LogP contribution is -2.10. The summed E-state index contributed by atoms with van der Waals surface area (Å²) in [7, 11) is 0. The molecule has 0 atom stereocenters. The first kappa shape index (κ1) is 10.9. The predicted molar refractivity (Wildman–Crippen MR) is 70.6 cm³/mol. The van der Waals surface area contributed by atoms with Crippen molar-refractivity contribution in [3.05, 3.63) is 58.6 Å². The van der Waals surface area contributed by atoms with Crippen molar-refractivity contribution in [2.75, 3.05) is 0 Å². The third-order valence-electron chi connectivity index (χ3n) is 2.33. The van der Waals surface area contributed by atoms with Crippen molar-refractivity contribution in [2.45, 2.75) is 0 Å². The molecule has 2 aromatic carbocycles. The van der Waals surface area contributed by atoms with Gasteiger partial charge in [-0.05, 0) is 29.3 Å². The maximum Gasteiger partial charge on any atom is 0.122 e. The lowest BCUT2D eigenvalue weighted by atomic mass is 10.0. The average molecular weight is 275 g/mol. The van der Waals surface area contributed by atoms with E-state index in [9.17, 15) is 0 Å². The molecule has 0 unspecified atom stereocenters. The Kier molecular flexibility index (Phi) is 3.06. The highest BCUT2D eigenvalue weighted by Gasteiger charge is 2.01. The van der Waals surface area contributed by atoms with Crippen LogP contribution in [0.1, 0.15) is 5.56 Å². The maximum atomic E-state index is 7.41. The van der Waals surface area contributed by atoms with Gasteiger partial charge in [0, 0.05) is 10.0 Å². The van der Waals surface area contributed by atoms with E-state index in [1.807, 2.05) is 48.5 Å². The average Bonchev–Trinajstić information content (AvgIpc) is 2.29. The summed E-state index contributed by atoms with van der Waals surface area (Å²) >= 11 is 3.44. The van der Waals surface area contributed by atoms with Gasteiger partial charge >= 0.3 is 0 Å². The van der Waals surface area contributed by atoms with Gasteiger partial charge in [-0.2, -0.15) is 0 Å². The zero-order valence-corrected chi connectivity index (χ0v) is 10.2. The fourth-order valence-corrected chi connectivity index (χ4v) is 1.93. The first-order valence-corrected chi connectivity index (χ1v) is 5.66. The number of nitrogens with one attached hydrogen (secondary N) is 1. The third kappa shape index (κ3) is 2.31. The summed E-state index contributed by atoms with van der Waals surface area (Å²) in [6.45, 7) is 0. The molecule has 80 valence electrons. The van der Waals surface area contributed by atoms with Crippen molar-refractivity contribution >= 4 is 21.8 Å². The summed E-state index contributed by atoms with van der Waals surface area (Å²) in [5.41, 5.74) is 8.38. The second-order valence-electron chi connectivity index (χ2n) is 3.50. The van der Waals surface area contributed by atoms with E-state index >= 15 is 0 Å². The number of rotatable bonds is 2. The zero-order chi connectivity index (χ0) is 11.5. The quantitative estimate of drug-likeness (QED) is 0.640. The molecule has 0 saturated carbocycles. The van der Waals surface area contributed by atoms with Crippen LogP contribution in [-0.2, 0) is 0 Å². The van der Waals surface area contributed by atoms with Gasteiger partial charge in [-0.1, -0.05) is 46.3 Å². The lowest BCUT2D eigenvalue weighted by molar-refractivity contribution is 1.42. The number of hydrogen-bond acceptors (Lipinski definition) is 1. The number of amidine groups is 1. The highest BCUT2D eigenvalue weighted by molar-refractivity contribution is 9.10. The molecule has 0 fully saturated rings. The molecule has 0 saturated heterocycles. The summed E-state index contributed by atoms with van der Waals surface area (Å²) < 4.78 is 1.04. The molecule has 0 aliphatic heterocycles. The maximum absolute atomic E-state index is 7.41. The molecule has 0 bridgehead atoms. The molecular formula is C13H11BrN2. The number of nitrogens with two attached hydrogens (primary N) is 1. The molecule has 0 aliphatic rings. The van der Waals surface area contributed by atoms with Crippen molar-refractivity contribution < 1.29 is 0 Å². The Morgan fingerprint density at radius 2 is 1.62 bits per heavy atom. The molecule has 2 rings (SSSR count). The van der Waals surface area contributed by atoms with Crippen LogP contribution in [0.25, 0.3) is 11.1 Å². The van der Waals surface area contributed by atoms with E-state index in [1.165, 1.54) is 0 Å². The number of benzene rings is 2. The molecule has 0 spiro atoms. The van der Waals surface area contributed by atoms with E-state index in [1.54, 1.807) is 0 Å². The third-order valence-corrected chi connectivity index (χ3v) is 2.82. The molecule has 0 radical (unpaired) electrons. The first-order valence-electron chi connectivity index (χ1n) is 4.87. The zero-order valence-electron chi connectivity index (χ0n) is 8.57. The van der Waals surface area contributed by atoms with E-state index in [0.717, 1.165) is 21.2 Å². The minimum atomic E-state index is 0.0943. The summed E-state index contributed by atoms with van der Waals surface area (Å²) in [4.78, 5) is 0. The molecule has 0 aromatic heterocycles. The highest BCUT2D eigenvalue weighted by Crippen LogP contribution is 2.23. The Bertz CT molecular complexity index is 535. The van der Waals surface area contributed by atoms with Gasteiger partial charge in [0.25, 0.3) is 0 Å². The van der Waals surface area contributed by atoms with Crippen molar-refractivity contribution in [2.24, 2.45) is 5.73 Å². The molecule has 0 heterocycles. The summed E-state index contributed by atoms with van der Waals surface area (Å²) in [5.74, 6) is 0.0943. The van der Waals surface area contributed by atoms with Crippen molar-refractivity contribution in [3.8, 4) is 11.1 Å². The van der Waals surface area contributed by atoms with Gasteiger partial charge in [0.1, 0.15) is 5.84 Å². The molecule has 0 aliphatic carbocycles. The van der Waals surface area contributed by atoms with Gasteiger partial charge in [0.15, 0.2) is 0 Å². The van der Waals surface area contributed by atoms with E-state index in [4.69, 9.17) is 11.1 Å². The van der Waals surface area contributed by atoms with Crippen molar-refractivity contribution in [1.82, 2.24) is 0 Å². The Hall–Kier alpha value is -1.61. The fourth-order valence-electron chi connectivity index (χ4n) is 1.53. The summed E-state index contributed by atoms with van der Waals surface area (Å²) in [6.07, 6.45) is 0. The molecular weight excluding hydrogens is 264 g/mol. The standard InChI is InChI=1S/C13H11BrN2/c14-12-6-2-4-10(8-12)9-3-1-5-11(7-9)13(15)16/h1-8H,(H3,15,16). The van der Waals surface area contributed by atoms with Gasteiger partial charge < -0.3 is 5.73 Å². The van der Waals surface area contributed by atoms with Crippen LogP contribution in [-0.4, -0.2) is 5.84 Å². The minimum absolute atomic E-state index is 0.0943. The van der Waals surface area contributed by atoms with Crippen LogP contribution in [0, 0.1) is 5.41 Å². The summed E-state index contributed by atoms with van der Waals surface area (Å²) in [6, 6.07) is 15.7. The van der Waals surface area contributed by atoms with Crippen LogP contribution in [0.4, 0.5) is 0 Å². The number of nitrogen functional groups attached to an aromatic ring is 1. The van der Waals surface area contributed by atoms with Crippen LogP contribution >= 0.6 is 15.9 Å². The smallest absolute Gasteiger partial charge is 0.122 e. The lowest BCUT2D eigenvalue weighted by Gasteiger charge is -2.04. The van der Waals surface area contributed by atoms with Crippen LogP contribution in [0.2, 0.25) is 0 Å². The molecule has 3 heteroatoms. The monoisotopic (exact) mass is 274 g/mol. The van der Waals surface area contributed by atoms with Gasteiger partial charge in [-0.3, -0.25) is 5.41 Å². The Labute approximate surface area is 103 Å². The largest absolute Gasteiger partial charge is 0.384 e. The summed E-state index contributed by atoms with van der Waals surface area (Å²) in [5, 5.41) is 7.41. The Balaban J connectivity index is 2.48. The van der Waals surface area contributed by atoms with E-state index in [-0.39, 0.29) is 5.84 Å². The van der Waals surface area contributed by atoms with Crippen LogP contribution < -0.4 is 5.73 Å². The molecule has 3 N–H and O–H groups in total. The normalized spacial score (nSPS) is 10.1. The first-order chi connectivity index (χ1) is 7.66. The second kappa shape index (κ2) is 4.49. The predicted octanol–water partition coefficient (Wildman–Crippen LogP) is 3.40. The SMILES string of the molecule is N=C(N)c1cccc(-c2cccc(Br)c2)c1. The van der Waals surface area contributed by atoms with E-state index < -0.39 is 0 Å². The number of halogens is 1. The molecule has 2 nitrogen and oxygen atoms in total. The minimum Gasteiger partial charge on any atom is -0.384 e. The van der Waals surface area contributed by atoms with Gasteiger partial charge in [-0.25, -0.2) is 0 Å². The second-order valence-corrected chi connectivity index (χ2v) is 4.42. The van der Waals surface area contributed by atoms with E-state index in [2.05, 4.69) is 15.9 Å². The Morgan fingerprint density at radius 3 is 2.25 bits per heavy atom. The van der Waals surface area contributed by atoms with Crippen LogP contribution in [0.15, 0.2) is 53.0 Å². The Morgan fingerprint density at radius 1 is 1.00 bits per heavy atom. The van der Waals surface area contributed by atoms with Crippen molar-refractivity contribution in [3.63, 3.8) is 0 Å². The molecule has 0 amide bonds. The van der Waals surface area contributed by atoms with Crippen LogP contribution in [0.5, 0.6) is 0 Å². The topological polar surface area (TPSA) is 49.9 Å². The van der Waals surface area contributed by atoms with Gasteiger partial charge in [-0.15, -0.1) is 0 Å². The molecule has 2 aromatic rings. The van der Waals surface area contributed by atoms with Crippen LogP contribution in [0.3, 0.4) is 0 Å².